The summed E-state index contributed by atoms with van der Waals surface area (Å²) in [5, 5.41) is 12.9. The summed E-state index contributed by atoms with van der Waals surface area (Å²) >= 11 is 0. The number of aromatic hydroxyl groups is 1. The van der Waals surface area contributed by atoms with Crippen molar-refractivity contribution in [3.8, 4) is 5.75 Å². The SMILES string of the molecule is CNC1CCCN(C(=O)c2cccc(O)c2C)C1. The summed E-state index contributed by atoms with van der Waals surface area (Å²) in [6.07, 6.45) is 2.13. The number of carbonyl (C=O) groups excluding carboxylic acids is 1. The lowest BCUT2D eigenvalue weighted by atomic mass is 10.0. The van der Waals surface area contributed by atoms with E-state index in [0.717, 1.165) is 25.9 Å². The van der Waals surface area contributed by atoms with Crippen molar-refractivity contribution in [2.45, 2.75) is 25.8 Å². The third kappa shape index (κ3) is 2.48. The van der Waals surface area contributed by atoms with Gasteiger partial charge in [-0.2, -0.15) is 0 Å². The van der Waals surface area contributed by atoms with Crippen molar-refractivity contribution < 1.29 is 9.90 Å². The molecule has 0 spiro atoms. The minimum Gasteiger partial charge on any atom is -0.508 e. The Morgan fingerprint density at radius 3 is 3.00 bits per heavy atom. The average Bonchev–Trinajstić information content (AvgIpc) is 2.41. The van der Waals surface area contributed by atoms with Crippen molar-refractivity contribution in [3.05, 3.63) is 29.3 Å². The zero-order valence-electron chi connectivity index (χ0n) is 10.9. The summed E-state index contributed by atoms with van der Waals surface area (Å²) in [4.78, 5) is 14.3. The van der Waals surface area contributed by atoms with E-state index in [1.807, 2.05) is 11.9 Å². The first-order valence-corrected chi connectivity index (χ1v) is 6.38. The predicted molar refractivity (Wildman–Crippen MR) is 70.8 cm³/mol. The van der Waals surface area contributed by atoms with Gasteiger partial charge in [-0.25, -0.2) is 0 Å². The molecule has 98 valence electrons. The first kappa shape index (κ1) is 12.9. The van der Waals surface area contributed by atoms with Gasteiger partial charge < -0.3 is 15.3 Å². The van der Waals surface area contributed by atoms with Crippen LogP contribution in [0.25, 0.3) is 0 Å². The third-order valence-electron chi connectivity index (χ3n) is 3.65. The van der Waals surface area contributed by atoms with Crippen LogP contribution in [0.2, 0.25) is 0 Å². The van der Waals surface area contributed by atoms with Crippen LogP contribution in [0.15, 0.2) is 18.2 Å². The first-order chi connectivity index (χ1) is 8.63. The predicted octanol–water partition coefficient (Wildman–Crippen LogP) is 1.52. The lowest BCUT2D eigenvalue weighted by molar-refractivity contribution is 0.0697. The Hall–Kier alpha value is -1.55. The molecular weight excluding hydrogens is 228 g/mol. The standard InChI is InChI=1S/C14H20N2O2/c1-10-12(6-3-7-13(10)17)14(18)16-8-4-5-11(9-16)15-2/h3,6-7,11,15,17H,4-5,8-9H2,1-2H3. The van der Waals surface area contributed by atoms with E-state index in [2.05, 4.69) is 5.32 Å². The van der Waals surface area contributed by atoms with Crippen LogP contribution in [0, 0.1) is 6.92 Å². The fourth-order valence-corrected chi connectivity index (χ4v) is 2.42. The van der Waals surface area contributed by atoms with Crippen LogP contribution in [0.5, 0.6) is 5.75 Å². The zero-order valence-corrected chi connectivity index (χ0v) is 10.9. The molecule has 1 atom stereocenters. The van der Waals surface area contributed by atoms with Gasteiger partial charge >= 0.3 is 0 Å². The second kappa shape index (κ2) is 5.40. The Morgan fingerprint density at radius 1 is 1.50 bits per heavy atom. The van der Waals surface area contributed by atoms with Crippen LogP contribution < -0.4 is 5.32 Å². The number of amides is 1. The molecule has 1 aromatic carbocycles. The van der Waals surface area contributed by atoms with Crippen LogP contribution in [0.4, 0.5) is 0 Å². The van der Waals surface area contributed by atoms with Gasteiger partial charge in [0.1, 0.15) is 5.75 Å². The number of nitrogens with one attached hydrogen (secondary N) is 1. The Labute approximate surface area is 108 Å². The number of likely N-dealkylation sites (N-methyl/N-ethyl adjacent to an activating group) is 1. The van der Waals surface area contributed by atoms with Gasteiger partial charge in [0.05, 0.1) is 0 Å². The molecular formula is C14H20N2O2. The highest BCUT2D eigenvalue weighted by molar-refractivity contribution is 5.96. The van der Waals surface area contributed by atoms with Crippen molar-refractivity contribution in [1.29, 1.82) is 0 Å². The molecule has 1 aliphatic rings. The number of phenols is 1. The van der Waals surface area contributed by atoms with E-state index in [0.29, 0.717) is 17.2 Å². The molecule has 2 rings (SSSR count). The summed E-state index contributed by atoms with van der Waals surface area (Å²) in [5.41, 5.74) is 1.26. The number of phenolic OH excluding ortho intramolecular Hbond substituents is 1. The lowest BCUT2D eigenvalue weighted by Gasteiger charge is -2.33. The number of hydrogen-bond donors (Lipinski definition) is 2. The van der Waals surface area contributed by atoms with Gasteiger partial charge in [-0.1, -0.05) is 6.07 Å². The van der Waals surface area contributed by atoms with Crippen LogP contribution in [0.1, 0.15) is 28.8 Å². The number of benzene rings is 1. The Bertz CT molecular complexity index is 445. The largest absolute Gasteiger partial charge is 0.508 e. The monoisotopic (exact) mass is 248 g/mol. The van der Waals surface area contributed by atoms with Gasteiger partial charge in [-0.05, 0) is 38.9 Å². The van der Waals surface area contributed by atoms with Crippen LogP contribution in [0.3, 0.4) is 0 Å². The van der Waals surface area contributed by atoms with E-state index in [-0.39, 0.29) is 11.7 Å². The second-order valence-corrected chi connectivity index (χ2v) is 4.83. The van der Waals surface area contributed by atoms with E-state index in [9.17, 15) is 9.90 Å². The van der Waals surface area contributed by atoms with Crippen molar-refractivity contribution in [3.63, 3.8) is 0 Å². The Morgan fingerprint density at radius 2 is 2.28 bits per heavy atom. The fraction of sp³-hybridized carbons (Fsp3) is 0.500. The average molecular weight is 248 g/mol. The first-order valence-electron chi connectivity index (χ1n) is 6.38. The number of hydrogen-bond acceptors (Lipinski definition) is 3. The van der Waals surface area contributed by atoms with E-state index in [4.69, 9.17) is 0 Å². The number of nitrogens with zero attached hydrogens (tertiary/aromatic N) is 1. The fourth-order valence-electron chi connectivity index (χ4n) is 2.42. The van der Waals surface area contributed by atoms with Gasteiger partial charge in [-0.3, -0.25) is 4.79 Å². The molecule has 1 amide bonds. The zero-order chi connectivity index (χ0) is 13.1. The maximum atomic E-state index is 12.4. The van der Waals surface area contributed by atoms with Crippen molar-refractivity contribution in [1.82, 2.24) is 10.2 Å². The smallest absolute Gasteiger partial charge is 0.254 e. The van der Waals surface area contributed by atoms with E-state index in [1.165, 1.54) is 0 Å². The van der Waals surface area contributed by atoms with Crippen LogP contribution in [-0.4, -0.2) is 42.1 Å². The summed E-state index contributed by atoms with van der Waals surface area (Å²) < 4.78 is 0. The van der Waals surface area contributed by atoms with Crippen LogP contribution in [-0.2, 0) is 0 Å². The maximum Gasteiger partial charge on any atom is 0.254 e. The minimum absolute atomic E-state index is 0.0170. The second-order valence-electron chi connectivity index (χ2n) is 4.83. The Balaban J connectivity index is 2.18. The van der Waals surface area contributed by atoms with Crippen molar-refractivity contribution >= 4 is 5.91 Å². The normalized spacial score (nSPS) is 19.9. The molecule has 0 radical (unpaired) electrons. The van der Waals surface area contributed by atoms with E-state index >= 15 is 0 Å². The van der Waals surface area contributed by atoms with E-state index < -0.39 is 0 Å². The third-order valence-corrected chi connectivity index (χ3v) is 3.65. The number of likely N-dealkylation sites (tertiary alicyclic amines) is 1. The molecule has 1 unspecified atom stereocenters. The molecule has 0 aliphatic carbocycles. The number of rotatable bonds is 2. The molecule has 2 N–H and O–H groups in total. The summed E-state index contributed by atoms with van der Waals surface area (Å²) in [6, 6.07) is 5.48. The van der Waals surface area contributed by atoms with Crippen molar-refractivity contribution in [2.24, 2.45) is 0 Å². The van der Waals surface area contributed by atoms with E-state index in [1.54, 1.807) is 25.1 Å². The number of piperidine rings is 1. The summed E-state index contributed by atoms with van der Waals surface area (Å²) in [6.45, 7) is 3.32. The molecule has 1 saturated heterocycles. The highest BCUT2D eigenvalue weighted by Gasteiger charge is 2.24. The maximum absolute atomic E-state index is 12.4. The molecule has 1 aliphatic heterocycles. The molecule has 1 heterocycles. The molecule has 18 heavy (non-hydrogen) atoms. The van der Waals surface area contributed by atoms with Gasteiger partial charge in [0.25, 0.3) is 5.91 Å². The molecule has 0 aromatic heterocycles. The summed E-state index contributed by atoms with van der Waals surface area (Å²) in [5.74, 6) is 0.200. The summed E-state index contributed by atoms with van der Waals surface area (Å²) in [7, 11) is 1.93. The molecule has 0 saturated carbocycles. The van der Waals surface area contributed by atoms with Crippen LogP contribution >= 0.6 is 0 Å². The highest BCUT2D eigenvalue weighted by Crippen LogP contribution is 2.22. The quantitative estimate of drug-likeness (QED) is 0.834. The molecule has 0 bridgehead atoms. The molecule has 1 fully saturated rings. The van der Waals surface area contributed by atoms with Gasteiger partial charge in [0, 0.05) is 30.3 Å². The Kier molecular flexibility index (Phi) is 3.87. The van der Waals surface area contributed by atoms with Gasteiger partial charge in [0.2, 0.25) is 0 Å². The lowest BCUT2D eigenvalue weighted by Crippen LogP contribution is -2.47. The van der Waals surface area contributed by atoms with Gasteiger partial charge in [-0.15, -0.1) is 0 Å². The van der Waals surface area contributed by atoms with Crippen molar-refractivity contribution in [2.75, 3.05) is 20.1 Å². The topological polar surface area (TPSA) is 52.6 Å². The molecule has 4 heteroatoms. The minimum atomic E-state index is 0.0170. The van der Waals surface area contributed by atoms with Gasteiger partial charge in [0.15, 0.2) is 0 Å². The number of carbonyl (C=O) groups is 1. The molecule has 1 aromatic rings. The molecule has 4 nitrogen and oxygen atoms in total. The highest BCUT2D eigenvalue weighted by atomic mass is 16.3.